The van der Waals surface area contributed by atoms with Gasteiger partial charge in [0.15, 0.2) is 0 Å². The van der Waals surface area contributed by atoms with E-state index in [9.17, 15) is 8.42 Å². The van der Waals surface area contributed by atoms with Crippen LogP contribution in [0.1, 0.15) is 19.8 Å². The van der Waals surface area contributed by atoms with Gasteiger partial charge in [0.25, 0.3) is 10.2 Å². The molecular formula is C10H23N3O2S. The summed E-state index contributed by atoms with van der Waals surface area (Å²) in [5.74, 6) is 0. The van der Waals surface area contributed by atoms with E-state index in [2.05, 4.69) is 6.58 Å². The fourth-order valence-corrected chi connectivity index (χ4v) is 2.78. The zero-order valence-corrected chi connectivity index (χ0v) is 11.0. The Balaban J connectivity index is 4.62. The Kier molecular flexibility index (Phi) is 7.57. The van der Waals surface area contributed by atoms with E-state index >= 15 is 0 Å². The third-order valence-electron chi connectivity index (χ3n) is 2.20. The molecule has 0 bridgehead atoms. The molecule has 0 spiro atoms. The molecule has 16 heavy (non-hydrogen) atoms. The third-order valence-corrected chi connectivity index (χ3v) is 4.16. The number of rotatable bonds is 9. The van der Waals surface area contributed by atoms with Crippen LogP contribution in [-0.2, 0) is 10.2 Å². The average Bonchev–Trinajstić information content (AvgIpc) is 2.25. The quantitative estimate of drug-likeness (QED) is 0.602. The maximum atomic E-state index is 12.1. The van der Waals surface area contributed by atoms with Crippen molar-refractivity contribution in [1.82, 2.24) is 8.61 Å². The SMILES string of the molecule is C=CCN(CCC)S(=O)(=O)N(C)CCCN. The molecule has 96 valence electrons. The van der Waals surface area contributed by atoms with Crippen molar-refractivity contribution in [3.05, 3.63) is 12.7 Å². The summed E-state index contributed by atoms with van der Waals surface area (Å²) in [5, 5.41) is 0. The van der Waals surface area contributed by atoms with Gasteiger partial charge >= 0.3 is 0 Å². The molecule has 0 aromatic carbocycles. The molecule has 0 saturated carbocycles. The Bertz CT molecular complexity index is 290. The second-order valence-electron chi connectivity index (χ2n) is 3.62. The van der Waals surface area contributed by atoms with E-state index in [-0.39, 0.29) is 0 Å². The van der Waals surface area contributed by atoms with E-state index in [1.165, 1.54) is 8.61 Å². The summed E-state index contributed by atoms with van der Waals surface area (Å²) in [7, 11) is -1.78. The minimum absolute atomic E-state index is 0.350. The number of nitrogens with two attached hydrogens (primary N) is 1. The molecule has 0 heterocycles. The Morgan fingerprint density at radius 2 is 2.00 bits per heavy atom. The van der Waals surface area contributed by atoms with Crippen molar-refractivity contribution in [1.29, 1.82) is 0 Å². The van der Waals surface area contributed by atoms with Gasteiger partial charge in [0.1, 0.15) is 0 Å². The molecule has 0 atom stereocenters. The summed E-state index contributed by atoms with van der Waals surface area (Å²) < 4.78 is 26.9. The van der Waals surface area contributed by atoms with Crippen LogP contribution in [0.25, 0.3) is 0 Å². The van der Waals surface area contributed by atoms with Gasteiger partial charge in [-0.1, -0.05) is 13.0 Å². The van der Waals surface area contributed by atoms with Gasteiger partial charge in [-0.3, -0.25) is 0 Å². The molecule has 0 aliphatic rings. The Hall–Kier alpha value is -0.430. The lowest BCUT2D eigenvalue weighted by atomic mass is 10.4. The van der Waals surface area contributed by atoms with Gasteiger partial charge in [-0.05, 0) is 19.4 Å². The Morgan fingerprint density at radius 3 is 2.44 bits per heavy atom. The Morgan fingerprint density at radius 1 is 1.38 bits per heavy atom. The normalized spacial score (nSPS) is 12.3. The van der Waals surface area contributed by atoms with Crippen LogP contribution in [0, 0.1) is 0 Å². The van der Waals surface area contributed by atoms with Crippen LogP contribution in [-0.4, -0.2) is 50.3 Å². The first-order valence-corrected chi connectivity index (χ1v) is 6.92. The molecule has 0 aromatic heterocycles. The first-order chi connectivity index (χ1) is 7.50. The second kappa shape index (κ2) is 7.78. The van der Waals surface area contributed by atoms with E-state index in [4.69, 9.17) is 5.73 Å². The molecule has 0 radical (unpaired) electrons. The number of hydrogen-bond donors (Lipinski definition) is 1. The maximum Gasteiger partial charge on any atom is 0.282 e. The van der Waals surface area contributed by atoms with Crippen molar-refractivity contribution in [3.63, 3.8) is 0 Å². The summed E-state index contributed by atoms with van der Waals surface area (Å²) in [6.45, 7) is 7.34. The molecule has 0 aromatic rings. The van der Waals surface area contributed by atoms with Crippen molar-refractivity contribution in [2.24, 2.45) is 5.73 Å². The maximum absolute atomic E-state index is 12.1. The van der Waals surface area contributed by atoms with E-state index in [1.807, 2.05) is 6.92 Å². The highest BCUT2D eigenvalue weighted by Gasteiger charge is 2.24. The minimum Gasteiger partial charge on any atom is -0.330 e. The van der Waals surface area contributed by atoms with Gasteiger partial charge in [-0.2, -0.15) is 17.0 Å². The molecule has 0 rings (SSSR count). The topological polar surface area (TPSA) is 66.6 Å². The number of hydrogen-bond acceptors (Lipinski definition) is 3. The predicted molar refractivity (Wildman–Crippen MR) is 67.3 cm³/mol. The lowest BCUT2D eigenvalue weighted by Crippen LogP contribution is -2.43. The monoisotopic (exact) mass is 249 g/mol. The molecule has 0 aliphatic heterocycles. The molecule has 0 saturated heterocycles. The highest BCUT2D eigenvalue weighted by atomic mass is 32.2. The third kappa shape index (κ3) is 4.61. The van der Waals surface area contributed by atoms with E-state index in [0.29, 0.717) is 32.6 Å². The van der Waals surface area contributed by atoms with Crippen molar-refractivity contribution in [3.8, 4) is 0 Å². The lowest BCUT2D eigenvalue weighted by molar-refractivity contribution is 0.374. The minimum atomic E-state index is -3.36. The van der Waals surface area contributed by atoms with Crippen LogP contribution in [0.15, 0.2) is 12.7 Å². The molecule has 0 unspecified atom stereocenters. The molecule has 2 N–H and O–H groups in total. The molecule has 5 nitrogen and oxygen atoms in total. The van der Waals surface area contributed by atoms with Crippen molar-refractivity contribution < 1.29 is 8.42 Å². The van der Waals surface area contributed by atoms with E-state index < -0.39 is 10.2 Å². The second-order valence-corrected chi connectivity index (χ2v) is 5.65. The number of nitrogens with zero attached hydrogens (tertiary/aromatic N) is 2. The van der Waals surface area contributed by atoms with Gasteiger partial charge in [0.2, 0.25) is 0 Å². The first kappa shape index (κ1) is 15.6. The molecule has 0 amide bonds. The van der Waals surface area contributed by atoms with E-state index in [0.717, 1.165) is 6.42 Å². The van der Waals surface area contributed by atoms with Gasteiger partial charge in [-0.15, -0.1) is 6.58 Å². The highest BCUT2D eigenvalue weighted by molar-refractivity contribution is 7.86. The molecular weight excluding hydrogens is 226 g/mol. The van der Waals surface area contributed by atoms with Crippen LogP contribution in [0.3, 0.4) is 0 Å². The summed E-state index contributed by atoms with van der Waals surface area (Å²) in [6, 6.07) is 0. The van der Waals surface area contributed by atoms with Gasteiger partial charge in [0, 0.05) is 26.7 Å². The molecule has 6 heteroatoms. The van der Waals surface area contributed by atoms with Gasteiger partial charge in [-0.25, -0.2) is 0 Å². The van der Waals surface area contributed by atoms with Gasteiger partial charge < -0.3 is 5.73 Å². The smallest absolute Gasteiger partial charge is 0.282 e. The zero-order valence-electron chi connectivity index (χ0n) is 10.2. The standard InChI is InChI=1S/C10H23N3O2S/c1-4-8-13(9-5-2)16(14,15)12(3)10-6-7-11/h4H,1,5-11H2,2-3H3. The average molecular weight is 249 g/mol. The van der Waals surface area contributed by atoms with Crippen molar-refractivity contribution >= 4 is 10.2 Å². The highest BCUT2D eigenvalue weighted by Crippen LogP contribution is 2.07. The summed E-state index contributed by atoms with van der Waals surface area (Å²) in [5.41, 5.74) is 5.36. The van der Waals surface area contributed by atoms with Crippen LogP contribution in [0.5, 0.6) is 0 Å². The fourth-order valence-electron chi connectivity index (χ4n) is 1.32. The fraction of sp³-hybridized carbons (Fsp3) is 0.800. The molecule has 0 fully saturated rings. The van der Waals surface area contributed by atoms with Crippen LogP contribution in [0.4, 0.5) is 0 Å². The summed E-state index contributed by atoms with van der Waals surface area (Å²) >= 11 is 0. The Labute approximate surface area is 99.1 Å². The first-order valence-electron chi connectivity index (χ1n) is 5.53. The van der Waals surface area contributed by atoms with Crippen molar-refractivity contribution in [2.75, 3.05) is 33.2 Å². The zero-order chi connectivity index (χ0) is 12.6. The lowest BCUT2D eigenvalue weighted by Gasteiger charge is -2.26. The largest absolute Gasteiger partial charge is 0.330 e. The van der Waals surface area contributed by atoms with Crippen LogP contribution < -0.4 is 5.73 Å². The van der Waals surface area contributed by atoms with Crippen molar-refractivity contribution in [2.45, 2.75) is 19.8 Å². The van der Waals surface area contributed by atoms with Gasteiger partial charge in [0.05, 0.1) is 0 Å². The summed E-state index contributed by atoms with van der Waals surface area (Å²) in [6.07, 6.45) is 3.06. The van der Waals surface area contributed by atoms with Crippen LogP contribution in [0.2, 0.25) is 0 Å². The van der Waals surface area contributed by atoms with E-state index in [1.54, 1.807) is 13.1 Å². The molecule has 0 aliphatic carbocycles. The summed E-state index contributed by atoms with van der Waals surface area (Å²) in [4.78, 5) is 0. The predicted octanol–water partition coefficient (Wildman–Crippen LogP) is 0.410. The van der Waals surface area contributed by atoms with Crippen LogP contribution >= 0.6 is 0 Å².